The van der Waals surface area contributed by atoms with Crippen LogP contribution in [0.25, 0.3) is 0 Å². The zero-order chi connectivity index (χ0) is 17.4. The maximum atomic E-state index is 13.0. The third-order valence-corrected chi connectivity index (χ3v) is 5.78. The molecule has 2 saturated heterocycles. The van der Waals surface area contributed by atoms with Crippen molar-refractivity contribution >= 4 is 5.91 Å². The maximum absolute atomic E-state index is 13.0. The molecule has 6 nitrogen and oxygen atoms in total. The number of carbonyl (C=O) groups excluding carboxylic acids is 1. The van der Waals surface area contributed by atoms with E-state index in [0.29, 0.717) is 18.3 Å². The van der Waals surface area contributed by atoms with Crippen LogP contribution in [0.1, 0.15) is 40.8 Å². The van der Waals surface area contributed by atoms with Gasteiger partial charge in [0, 0.05) is 24.1 Å². The van der Waals surface area contributed by atoms with Crippen molar-refractivity contribution in [3.63, 3.8) is 0 Å². The van der Waals surface area contributed by atoms with Crippen LogP contribution in [0, 0.1) is 12.3 Å². The molecular formula is C19H24N4O2. The van der Waals surface area contributed by atoms with E-state index in [4.69, 9.17) is 4.52 Å². The summed E-state index contributed by atoms with van der Waals surface area (Å²) in [6, 6.07) is 9.52. The van der Waals surface area contributed by atoms with Crippen LogP contribution in [0.2, 0.25) is 0 Å². The Morgan fingerprint density at radius 3 is 2.60 bits per heavy atom. The number of rotatable bonds is 2. The summed E-state index contributed by atoms with van der Waals surface area (Å²) in [5.41, 5.74) is 0.781. The van der Waals surface area contributed by atoms with E-state index in [1.54, 1.807) is 0 Å². The number of carbonyl (C=O) groups is 1. The molecule has 0 bridgehead atoms. The van der Waals surface area contributed by atoms with E-state index in [1.807, 2.05) is 42.2 Å². The number of nitrogens with zero attached hydrogens (tertiary/aromatic N) is 4. The summed E-state index contributed by atoms with van der Waals surface area (Å²) in [4.78, 5) is 21.8. The molecule has 1 atom stereocenters. The fraction of sp³-hybridized carbons (Fsp3) is 0.526. The number of piperidine rings is 1. The minimum absolute atomic E-state index is 0.0376. The first-order valence-corrected chi connectivity index (χ1v) is 8.90. The Hall–Kier alpha value is -2.21. The second kappa shape index (κ2) is 6.26. The molecule has 2 fully saturated rings. The van der Waals surface area contributed by atoms with E-state index in [1.165, 1.54) is 0 Å². The Labute approximate surface area is 147 Å². The van der Waals surface area contributed by atoms with Crippen LogP contribution in [0.5, 0.6) is 0 Å². The van der Waals surface area contributed by atoms with Crippen molar-refractivity contribution in [1.29, 1.82) is 0 Å². The van der Waals surface area contributed by atoms with E-state index in [9.17, 15) is 4.79 Å². The Balaban J connectivity index is 1.63. The molecule has 0 aliphatic carbocycles. The van der Waals surface area contributed by atoms with Gasteiger partial charge in [-0.05, 0) is 52.0 Å². The van der Waals surface area contributed by atoms with Gasteiger partial charge in [0.25, 0.3) is 5.91 Å². The zero-order valence-electron chi connectivity index (χ0n) is 14.8. The fourth-order valence-corrected chi connectivity index (χ4v) is 4.25. The Kier molecular flexibility index (Phi) is 4.07. The van der Waals surface area contributed by atoms with Crippen LogP contribution in [0.15, 0.2) is 34.9 Å². The van der Waals surface area contributed by atoms with E-state index in [2.05, 4.69) is 22.1 Å². The second-order valence-electron chi connectivity index (χ2n) is 7.45. The van der Waals surface area contributed by atoms with Gasteiger partial charge in [-0.1, -0.05) is 23.4 Å². The normalized spacial score (nSPS) is 23.3. The van der Waals surface area contributed by atoms with Crippen molar-refractivity contribution in [3.05, 3.63) is 47.6 Å². The van der Waals surface area contributed by atoms with E-state index < -0.39 is 0 Å². The average molecular weight is 340 g/mol. The SMILES string of the molecule is Cc1noc(C2CN(C(=O)c3ccccc3)CC23CCN(C)CC3)n1. The van der Waals surface area contributed by atoms with Crippen LogP contribution in [0.3, 0.4) is 0 Å². The average Bonchev–Trinajstić information content (AvgIpc) is 3.22. The number of aryl methyl sites for hydroxylation is 1. The fourth-order valence-electron chi connectivity index (χ4n) is 4.25. The Bertz CT molecular complexity index is 750. The van der Waals surface area contributed by atoms with Crippen molar-refractivity contribution in [2.75, 3.05) is 33.2 Å². The van der Waals surface area contributed by atoms with Crippen LogP contribution in [0.4, 0.5) is 0 Å². The molecule has 3 heterocycles. The lowest BCUT2D eigenvalue weighted by Crippen LogP contribution is -2.42. The second-order valence-corrected chi connectivity index (χ2v) is 7.45. The number of likely N-dealkylation sites (tertiary alicyclic amines) is 2. The smallest absolute Gasteiger partial charge is 0.253 e. The minimum Gasteiger partial charge on any atom is -0.339 e. The molecule has 2 aliphatic heterocycles. The van der Waals surface area contributed by atoms with E-state index >= 15 is 0 Å². The predicted molar refractivity (Wildman–Crippen MR) is 93.3 cm³/mol. The highest BCUT2D eigenvalue weighted by atomic mass is 16.5. The number of hydrogen-bond acceptors (Lipinski definition) is 5. The summed E-state index contributed by atoms with van der Waals surface area (Å²) in [6.07, 6.45) is 2.10. The molecule has 2 aromatic rings. The topological polar surface area (TPSA) is 62.5 Å². The molecule has 132 valence electrons. The first-order valence-electron chi connectivity index (χ1n) is 8.90. The largest absolute Gasteiger partial charge is 0.339 e. The molecule has 4 rings (SSSR count). The number of amides is 1. The summed E-state index contributed by atoms with van der Waals surface area (Å²) in [7, 11) is 2.15. The molecule has 1 amide bonds. The van der Waals surface area contributed by atoms with Gasteiger partial charge in [0.15, 0.2) is 5.82 Å². The summed E-state index contributed by atoms with van der Waals surface area (Å²) < 4.78 is 5.52. The number of hydrogen-bond donors (Lipinski definition) is 0. The molecule has 0 saturated carbocycles. The van der Waals surface area contributed by atoms with Crippen LogP contribution in [-0.4, -0.2) is 59.1 Å². The molecule has 25 heavy (non-hydrogen) atoms. The Morgan fingerprint density at radius 1 is 1.24 bits per heavy atom. The van der Waals surface area contributed by atoms with E-state index in [-0.39, 0.29) is 17.2 Å². The number of aromatic nitrogens is 2. The summed E-state index contributed by atoms with van der Waals surface area (Å²) >= 11 is 0. The maximum Gasteiger partial charge on any atom is 0.253 e. The van der Waals surface area contributed by atoms with Crippen LogP contribution < -0.4 is 0 Å². The lowest BCUT2D eigenvalue weighted by Gasteiger charge is -2.40. The van der Waals surface area contributed by atoms with Crippen molar-refractivity contribution in [1.82, 2.24) is 19.9 Å². The van der Waals surface area contributed by atoms with Crippen molar-refractivity contribution < 1.29 is 9.32 Å². The minimum atomic E-state index is 0.0376. The molecular weight excluding hydrogens is 316 g/mol. The third kappa shape index (κ3) is 2.95. The quantitative estimate of drug-likeness (QED) is 0.840. The molecule has 1 aromatic carbocycles. The van der Waals surface area contributed by atoms with Gasteiger partial charge in [0.05, 0.1) is 5.92 Å². The number of benzene rings is 1. The van der Waals surface area contributed by atoms with Crippen molar-refractivity contribution in [2.45, 2.75) is 25.7 Å². The molecule has 0 N–H and O–H groups in total. The van der Waals surface area contributed by atoms with E-state index in [0.717, 1.165) is 38.0 Å². The molecule has 6 heteroatoms. The molecule has 1 aromatic heterocycles. The van der Waals surface area contributed by atoms with Gasteiger partial charge in [-0.2, -0.15) is 4.98 Å². The van der Waals surface area contributed by atoms with Crippen LogP contribution >= 0.6 is 0 Å². The summed E-state index contributed by atoms with van der Waals surface area (Å²) in [5, 5.41) is 3.98. The first-order chi connectivity index (χ1) is 12.1. The lowest BCUT2D eigenvalue weighted by atomic mass is 9.71. The third-order valence-electron chi connectivity index (χ3n) is 5.78. The first kappa shape index (κ1) is 16.3. The molecule has 1 unspecified atom stereocenters. The van der Waals surface area contributed by atoms with Crippen molar-refractivity contribution in [3.8, 4) is 0 Å². The van der Waals surface area contributed by atoms with Gasteiger partial charge in [0.1, 0.15) is 0 Å². The van der Waals surface area contributed by atoms with Crippen molar-refractivity contribution in [2.24, 2.45) is 5.41 Å². The molecule has 0 radical (unpaired) electrons. The summed E-state index contributed by atoms with van der Waals surface area (Å²) in [5.74, 6) is 1.56. The summed E-state index contributed by atoms with van der Waals surface area (Å²) in [6.45, 7) is 5.34. The highest BCUT2D eigenvalue weighted by Gasteiger charge is 2.51. The standard InChI is InChI=1S/C19H24N4O2/c1-14-20-17(25-21-14)16-12-23(18(24)15-6-4-3-5-7-15)13-19(16)8-10-22(2)11-9-19/h3-7,16H,8-13H2,1-2H3. The molecule has 1 spiro atoms. The van der Waals surface area contributed by atoms with Crippen LogP contribution in [-0.2, 0) is 0 Å². The lowest BCUT2D eigenvalue weighted by molar-refractivity contribution is 0.0726. The van der Waals surface area contributed by atoms with Gasteiger partial charge in [0.2, 0.25) is 5.89 Å². The monoisotopic (exact) mass is 340 g/mol. The highest BCUT2D eigenvalue weighted by molar-refractivity contribution is 5.94. The van der Waals surface area contributed by atoms with Gasteiger partial charge in [-0.15, -0.1) is 0 Å². The van der Waals surface area contributed by atoms with Gasteiger partial charge < -0.3 is 14.3 Å². The zero-order valence-corrected chi connectivity index (χ0v) is 14.8. The van der Waals surface area contributed by atoms with Gasteiger partial charge >= 0.3 is 0 Å². The predicted octanol–water partition coefficient (Wildman–Crippen LogP) is 2.33. The highest BCUT2D eigenvalue weighted by Crippen LogP contribution is 2.49. The van der Waals surface area contributed by atoms with Gasteiger partial charge in [-0.3, -0.25) is 4.79 Å². The molecule has 2 aliphatic rings. The van der Waals surface area contributed by atoms with Gasteiger partial charge in [-0.25, -0.2) is 0 Å². The Morgan fingerprint density at radius 2 is 1.96 bits per heavy atom.